The van der Waals surface area contributed by atoms with E-state index in [-0.39, 0.29) is 23.5 Å². The average Bonchev–Trinajstić information content (AvgIpc) is 2.38. The molecule has 5 heteroatoms. The number of carbonyl (C=O) groups excluding carboxylic acids is 1. The monoisotopic (exact) mass is 282 g/mol. The molecule has 1 N–H and O–H groups in total. The van der Waals surface area contributed by atoms with Gasteiger partial charge in [0.25, 0.3) is 5.91 Å². The summed E-state index contributed by atoms with van der Waals surface area (Å²) in [5.74, 6) is -0.175. The second-order valence-corrected chi connectivity index (χ2v) is 5.79. The van der Waals surface area contributed by atoms with Gasteiger partial charge in [-0.05, 0) is 19.4 Å². The quantitative estimate of drug-likeness (QED) is 0.924. The first-order valence-electron chi connectivity index (χ1n) is 6.48. The van der Waals surface area contributed by atoms with E-state index < -0.39 is 0 Å². The summed E-state index contributed by atoms with van der Waals surface area (Å²) < 4.78 is 5.64. The Labute approximate surface area is 118 Å². The van der Waals surface area contributed by atoms with Crippen LogP contribution in [0.5, 0.6) is 0 Å². The molecule has 0 bridgehead atoms. The van der Waals surface area contributed by atoms with Gasteiger partial charge in [0.05, 0.1) is 16.7 Å². The molecule has 2 rings (SSSR count). The first-order chi connectivity index (χ1) is 8.96. The van der Waals surface area contributed by atoms with Gasteiger partial charge in [0.1, 0.15) is 0 Å². The molecule has 1 saturated carbocycles. The van der Waals surface area contributed by atoms with Crippen LogP contribution in [0.3, 0.4) is 0 Å². The molecule has 2 atom stereocenters. The molecule has 104 valence electrons. The van der Waals surface area contributed by atoms with Crippen molar-refractivity contribution in [1.29, 1.82) is 0 Å². The smallest absolute Gasteiger partial charge is 0.254 e. The topological polar surface area (TPSA) is 51.2 Å². The van der Waals surface area contributed by atoms with Crippen LogP contribution in [0.4, 0.5) is 0 Å². The number of hydrogen-bond donors (Lipinski definition) is 1. The molecule has 1 aliphatic carbocycles. The van der Waals surface area contributed by atoms with Crippen LogP contribution in [-0.2, 0) is 4.74 Å². The molecule has 1 amide bonds. The standard InChI is InChI=1S/C14H19ClN2O2/c1-4-19-12-7-11(14(12,2)3)17-13(18)9-8-16-6-5-10(9)15/h5-6,8,11-12H,4,7H2,1-3H3,(H,17,18). The van der Waals surface area contributed by atoms with Crippen LogP contribution in [0.25, 0.3) is 0 Å². The van der Waals surface area contributed by atoms with E-state index in [2.05, 4.69) is 24.1 Å². The van der Waals surface area contributed by atoms with Gasteiger partial charge in [0.15, 0.2) is 0 Å². The van der Waals surface area contributed by atoms with Crippen molar-refractivity contribution in [3.05, 3.63) is 29.0 Å². The number of aromatic nitrogens is 1. The molecule has 1 aromatic heterocycles. The zero-order valence-electron chi connectivity index (χ0n) is 11.4. The van der Waals surface area contributed by atoms with E-state index in [4.69, 9.17) is 16.3 Å². The Morgan fingerprint density at radius 3 is 2.95 bits per heavy atom. The lowest BCUT2D eigenvalue weighted by atomic mass is 9.64. The number of nitrogens with one attached hydrogen (secondary N) is 1. The van der Waals surface area contributed by atoms with E-state index in [1.54, 1.807) is 12.3 Å². The van der Waals surface area contributed by atoms with Crippen LogP contribution in [-0.4, -0.2) is 29.6 Å². The SMILES string of the molecule is CCOC1CC(NC(=O)c2cnccc2Cl)C1(C)C. The van der Waals surface area contributed by atoms with Crippen molar-refractivity contribution in [2.75, 3.05) is 6.61 Å². The predicted molar refractivity (Wildman–Crippen MR) is 74.3 cm³/mol. The largest absolute Gasteiger partial charge is 0.378 e. The van der Waals surface area contributed by atoms with E-state index >= 15 is 0 Å². The summed E-state index contributed by atoms with van der Waals surface area (Å²) in [4.78, 5) is 16.1. The minimum absolute atomic E-state index is 0.0552. The molecular weight excluding hydrogens is 264 g/mol. The maximum atomic E-state index is 12.1. The molecule has 1 aromatic rings. The number of rotatable bonds is 4. The molecule has 1 aliphatic rings. The fourth-order valence-electron chi connectivity index (χ4n) is 2.39. The maximum Gasteiger partial charge on any atom is 0.254 e. The highest BCUT2D eigenvalue weighted by atomic mass is 35.5. The Hall–Kier alpha value is -1.13. The number of halogens is 1. The lowest BCUT2D eigenvalue weighted by Gasteiger charge is -2.51. The van der Waals surface area contributed by atoms with E-state index in [9.17, 15) is 4.79 Å². The van der Waals surface area contributed by atoms with Gasteiger partial charge < -0.3 is 10.1 Å². The fourth-order valence-corrected chi connectivity index (χ4v) is 2.59. The maximum absolute atomic E-state index is 12.1. The van der Waals surface area contributed by atoms with Gasteiger partial charge in [0, 0.05) is 30.5 Å². The average molecular weight is 283 g/mol. The minimum atomic E-state index is -0.175. The summed E-state index contributed by atoms with van der Waals surface area (Å²) in [6, 6.07) is 1.72. The van der Waals surface area contributed by atoms with E-state index in [0.717, 1.165) is 6.42 Å². The van der Waals surface area contributed by atoms with Gasteiger partial charge in [0.2, 0.25) is 0 Å². The van der Waals surface area contributed by atoms with Crippen LogP contribution in [0.15, 0.2) is 18.5 Å². The van der Waals surface area contributed by atoms with Crippen molar-refractivity contribution >= 4 is 17.5 Å². The van der Waals surface area contributed by atoms with Crippen molar-refractivity contribution in [3.63, 3.8) is 0 Å². The first kappa shape index (κ1) is 14.3. The molecule has 0 aromatic carbocycles. The highest BCUT2D eigenvalue weighted by Gasteiger charge is 2.49. The number of carbonyl (C=O) groups is 1. The Balaban J connectivity index is 2.00. The molecule has 0 aliphatic heterocycles. The number of pyridine rings is 1. The molecule has 0 saturated heterocycles. The van der Waals surface area contributed by atoms with Crippen molar-refractivity contribution in [2.45, 2.75) is 39.3 Å². The predicted octanol–water partition coefficient (Wildman–Crippen LogP) is 2.67. The lowest BCUT2D eigenvalue weighted by molar-refractivity contribution is -0.111. The molecule has 4 nitrogen and oxygen atoms in total. The van der Waals surface area contributed by atoms with Crippen LogP contribution in [0.2, 0.25) is 5.02 Å². The van der Waals surface area contributed by atoms with Crippen molar-refractivity contribution in [1.82, 2.24) is 10.3 Å². The summed E-state index contributed by atoms with van der Waals surface area (Å²) in [6.07, 6.45) is 4.10. The molecule has 2 unspecified atom stereocenters. The van der Waals surface area contributed by atoms with Crippen LogP contribution in [0.1, 0.15) is 37.6 Å². The Bertz CT molecular complexity index is 476. The minimum Gasteiger partial charge on any atom is -0.378 e. The van der Waals surface area contributed by atoms with Crippen LogP contribution in [0, 0.1) is 5.41 Å². The van der Waals surface area contributed by atoms with Crippen molar-refractivity contribution in [2.24, 2.45) is 5.41 Å². The lowest BCUT2D eigenvalue weighted by Crippen LogP contribution is -2.62. The fraction of sp³-hybridized carbons (Fsp3) is 0.571. The highest BCUT2D eigenvalue weighted by Crippen LogP contribution is 2.42. The van der Waals surface area contributed by atoms with E-state index in [1.165, 1.54) is 6.20 Å². The normalized spacial score (nSPS) is 24.6. The number of ether oxygens (including phenoxy) is 1. The third-order valence-electron chi connectivity index (χ3n) is 3.86. The molecule has 19 heavy (non-hydrogen) atoms. The second-order valence-electron chi connectivity index (χ2n) is 5.38. The Kier molecular flexibility index (Phi) is 4.11. The second kappa shape index (κ2) is 5.47. The van der Waals surface area contributed by atoms with Crippen LogP contribution < -0.4 is 5.32 Å². The number of amides is 1. The number of nitrogens with zero attached hydrogens (tertiary/aromatic N) is 1. The molecular formula is C14H19ClN2O2. The Morgan fingerprint density at radius 1 is 1.63 bits per heavy atom. The van der Waals surface area contributed by atoms with Gasteiger partial charge in [-0.25, -0.2) is 0 Å². The van der Waals surface area contributed by atoms with E-state index in [1.807, 2.05) is 6.92 Å². The third-order valence-corrected chi connectivity index (χ3v) is 4.19. The summed E-state index contributed by atoms with van der Waals surface area (Å²) in [6.45, 7) is 6.89. The number of hydrogen-bond acceptors (Lipinski definition) is 3. The van der Waals surface area contributed by atoms with Crippen molar-refractivity contribution in [3.8, 4) is 0 Å². The van der Waals surface area contributed by atoms with Crippen LogP contribution >= 0.6 is 11.6 Å². The molecule has 0 spiro atoms. The van der Waals surface area contributed by atoms with Gasteiger partial charge >= 0.3 is 0 Å². The zero-order valence-corrected chi connectivity index (χ0v) is 12.2. The highest BCUT2D eigenvalue weighted by molar-refractivity contribution is 6.33. The summed E-state index contributed by atoms with van der Waals surface area (Å²) in [7, 11) is 0. The van der Waals surface area contributed by atoms with Gasteiger partial charge in [-0.1, -0.05) is 25.4 Å². The van der Waals surface area contributed by atoms with Gasteiger partial charge in [-0.15, -0.1) is 0 Å². The summed E-state index contributed by atoms with van der Waals surface area (Å²) in [5, 5.41) is 3.43. The third kappa shape index (κ3) is 2.74. The molecule has 1 heterocycles. The first-order valence-corrected chi connectivity index (χ1v) is 6.86. The van der Waals surface area contributed by atoms with Crippen molar-refractivity contribution < 1.29 is 9.53 Å². The van der Waals surface area contributed by atoms with Gasteiger partial charge in [-0.3, -0.25) is 9.78 Å². The van der Waals surface area contributed by atoms with Gasteiger partial charge in [-0.2, -0.15) is 0 Å². The van der Waals surface area contributed by atoms with E-state index in [0.29, 0.717) is 17.2 Å². The zero-order chi connectivity index (χ0) is 14.0. The summed E-state index contributed by atoms with van der Waals surface area (Å²) >= 11 is 5.99. The summed E-state index contributed by atoms with van der Waals surface area (Å²) in [5.41, 5.74) is 0.361. The molecule has 1 fully saturated rings. The Morgan fingerprint density at radius 2 is 2.37 bits per heavy atom. The molecule has 0 radical (unpaired) electrons.